The van der Waals surface area contributed by atoms with Crippen molar-refractivity contribution in [1.82, 2.24) is 4.90 Å². The van der Waals surface area contributed by atoms with Gasteiger partial charge in [0, 0.05) is 12.6 Å². The summed E-state index contributed by atoms with van der Waals surface area (Å²) in [5.74, 6) is 1.81. The second-order valence-corrected chi connectivity index (χ2v) is 7.45. The molecular weight excluding hydrogens is 246 g/mol. The van der Waals surface area contributed by atoms with Crippen molar-refractivity contribution in [3.63, 3.8) is 0 Å². The van der Waals surface area contributed by atoms with Crippen LogP contribution in [0.15, 0.2) is 0 Å². The van der Waals surface area contributed by atoms with Gasteiger partial charge in [-0.2, -0.15) is 0 Å². The van der Waals surface area contributed by atoms with Gasteiger partial charge in [-0.05, 0) is 38.1 Å². The molecule has 2 saturated carbocycles. The minimum atomic E-state index is -0.103. The maximum absolute atomic E-state index is 10.6. The van der Waals surface area contributed by atoms with Gasteiger partial charge in [-0.25, -0.2) is 0 Å². The van der Waals surface area contributed by atoms with E-state index < -0.39 is 0 Å². The molecule has 2 heteroatoms. The molecule has 118 valence electrons. The van der Waals surface area contributed by atoms with Crippen LogP contribution in [0.25, 0.3) is 0 Å². The fourth-order valence-corrected chi connectivity index (χ4v) is 3.83. The highest BCUT2D eigenvalue weighted by molar-refractivity contribution is 4.87. The van der Waals surface area contributed by atoms with Crippen molar-refractivity contribution in [2.75, 3.05) is 13.6 Å². The SMILES string of the molecule is CC1CC1CN(C)C1CCCCCCCCCCC1O. The molecule has 0 heterocycles. The second-order valence-electron chi connectivity index (χ2n) is 7.45. The van der Waals surface area contributed by atoms with E-state index in [1.165, 1.54) is 70.8 Å². The molecule has 0 aromatic rings. The third-order valence-electron chi connectivity index (χ3n) is 5.56. The topological polar surface area (TPSA) is 23.5 Å². The van der Waals surface area contributed by atoms with Gasteiger partial charge in [-0.1, -0.05) is 58.3 Å². The van der Waals surface area contributed by atoms with Gasteiger partial charge in [0.1, 0.15) is 0 Å². The number of rotatable bonds is 3. The minimum Gasteiger partial charge on any atom is -0.391 e. The molecule has 2 nitrogen and oxygen atoms in total. The van der Waals surface area contributed by atoms with Crippen molar-refractivity contribution >= 4 is 0 Å². The maximum atomic E-state index is 10.6. The van der Waals surface area contributed by atoms with Crippen LogP contribution in [0, 0.1) is 11.8 Å². The molecule has 2 aliphatic rings. The Kier molecular flexibility index (Phi) is 6.83. The summed E-state index contributed by atoms with van der Waals surface area (Å²) in [7, 11) is 2.24. The molecule has 0 aromatic carbocycles. The lowest BCUT2D eigenvalue weighted by Gasteiger charge is -2.32. The number of nitrogens with zero attached hydrogens (tertiary/aromatic N) is 1. The van der Waals surface area contributed by atoms with Crippen molar-refractivity contribution in [3.05, 3.63) is 0 Å². The van der Waals surface area contributed by atoms with Gasteiger partial charge in [-0.3, -0.25) is 0 Å². The first-order valence-electron chi connectivity index (χ1n) is 9.07. The first-order valence-corrected chi connectivity index (χ1v) is 9.07. The first-order chi connectivity index (χ1) is 9.68. The lowest BCUT2D eigenvalue weighted by atomic mass is 9.95. The van der Waals surface area contributed by atoms with Crippen LogP contribution in [0.1, 0.15) is 77.6 Å². The minimum absolute atomic E-state index is 0.103. The smallest absolute Gasteiger partial charge is 0.0695 e. The van der Waals surface area contributed by atoms with Crippen LogP contribution < -0.4 is 0 Å². The number of aliphatic hydroxyl groups excluding tert-OH is 1. The molecule has 0 aromatic heterocycles. The Balaban J connectivity index is 1.82. The average molecular weight is 281 g/mol. The number of likely N-dealkylation sites (N-methyl/N-ethyl adjacent to an activating group) is 1. The molecule has 0 aliphatic heterocycles. The Morgan fingerprint density at radius 3 is 1.95 bits per heavy atom. The lowest BCUT2D eigenvalue weighted by Crippen LogP contribution is -2.42. The molecule has 20 heavy (non-hydrogen) atoms. The number of hydrogen-bond donors (Lipinski definition) is 1. The molecule has 2 fully saturated rings. The summed E-state index contributed by atoms with van der Waals surface area (Å²) < 4.78 is 0. The summed E-state index contributed by atoms with van der Waals surface area (Å²) >= 11 is 0. The fourth-order valence-electron chi connectivity index (χ4n) is 3.83. The van der Waals surface area contributed by atoms with E-state index in [0.29, 0.717) is 6.04 Å². The van der Waals surface area contributed by atoms with Crippen molar-refractivity contribution in [3.8, 4) is 0 Å². The largest absolute Gasteiger partial charge is 0.391 e. The van der Waals surface area contributed by atoms with E-state index in [2.05, 4.69) is 18.9 Å². The molecule has 1 N–H and O–H groups in total. The van der Waals surface area contributed by atoms with Gasteiger partial charge in [0.2, 0.25) is 0 Å². The zero-order chi connectivity index (χ0) is 14.4. The predicted octanol–water partition coefficient (Wildman–Crippen LogP) is 4.22. The predicted molar refractivity (Wildman–Crippen MR) is 85.9 cm³/mol. The summed E-state index contributed by atoms with van der Waals surface area (Å²) in [6, 6.07) is 0.405. The van der Waals surface area contributed by atoms with Crippen molar-refractivity contribution in [2.45, 2.75) is 89.7 Å². The third kappa shape index (κ3) is 5.37. The molecule has 4 unspecified atom stereocenters. The zero-order valence-electron chi connectivity index (χ0n) is 13.7. The summed E-state index contributed by atoms with van der Waals surface area (Å²) in [5, 5.41) is 10.6. The van der Waals surface area contributed by atoms with Crippen LogP contribution in [0.5, 0.6) is 0 Å². The van der Waals surface area contributed by atoms with Crippen LogP contribution in [-0.2, 0) is 0 Å². The van der Waals surface area contributed by atoms with Crippen LogP contribution in [0.3, 0.4) is 0 Å². The lowest BCUT2D eigenvalue weighted by molar-refractivity contribution is 0.0458. The Hall–Kier alpha value is -0.0800. The van der Waals surface area contributed by atoms with E-state index in [1.54, 1.807) is 0 Å². The maximum Gasteiger partial charge on any atom is 0.0695 e. The summed E-state index contributed by atoms with van der Waals surface area (Å²) in [6.07, 6.45) is 14.3. The first kappa shape index (κ1) is 16.3. The molecule has 0 saturated heterocycles. The number of hydrogen-bond acceptors (Lipinski definition) is 2. The zero-order valence-corrected chi connectivity index (χ0v) is 13.7. The van der Waals surface area contributed by atoms with Crippen LogP contribution in [-0.4, -0.2) is 35.7 Å². The average Bonchev–Trinajstić information content (AvgIpc) is 3.09. The highest BCUT2D eigenvalue weighted by Gasteiger charge is 2.35. The van der Waals surface area contributed by atoms with E-state index >= 15 is 0 Å². The van der Waals surface area contributed by atoms with Crippen LogP contribution in [0.4, 0.5) is 0 Å². The van der Waals surface area contributed by atoms with E-state index in [4.69, 9.17) is 0 Å². The van der Waals surface area contributed by atoms with Gasteiger partial charge in [0.15, 0.2) is 0 Å². The monoisotopic (exact) mass is 281 g/mol. The fraction of sp³-hybridized carbons (Fsp3) is 1.00. The summed E-state index contributed by atoms with van der Waals surface area (Å²) in [4.78, 5) is 2.48. The molecule has 0 bridgehead atoms. The highest BCUT2D eigenvalue weighted by Crippen LogP contribution is 2.38. The van der Waals surface area contributed by atoms with Crippen LogP contribution >= 0.6 is 0 Å². The van der Waals surface area contributed by atoms with E-state index in [0.717, 1.165) is 18.3 Å². The summed E-state index contributed by atoms with van der Waals surface area (Å²) in [5.41, 5.74) is 0. The normalized spacial score (nSPS) is 37.2. The van der Waals surface area contributed by atoms with Crippen LogP contribution in [0.2, 0.25) is 0 Å². The summed E-state index contributed by atoms with van der Waals surface area (Å²) in [6.45, 7) is 3.55. The Morgan fingerprint density at radius 2 is 1.40 bits per heavy atom. The van der Waals surface area contributed by atoms with Gasteiger partial charge in [-0.15, -0.1) is 0 Å². The van der Waals surface area contributed by atoms with Crippen molar-refractivity contribution in [2.24, 2.45) is 11.8 Å². The second kappa shape index (κ2) is 8.38. The van der Waals surface area contributed by atoms with Gasteiger partial charge in [0.05, 0.1) is 6.10 Å². The van der Waals surface area contributed by atoms with E-state index in [9.17, 15) is 5.11 Å². The molecule has 4 atom stereocenters. The van der Waals surface area contributed by atoms with Crippen molar-refractivity contribution < 1.29 is 5.11 Å². The van der Waals surface area contributed by atoms with Gasteiger partial charge >= 0.3 is 0 Å². The molecule has 0 amide bonds. The standard InChI is InChI=1S/C18H35NO/c1-15-13-16(15)14-19(2)17-11-9-7-5-3-4-6-8-10-12-18(17)20/h15-18,20H,3-14H2,1-2H3. The molecular formula is C18H35NO. The third-order valence-corrected chi connectivity index (χ3v) is 5.56. The molecule has 2 rings (SSSR count). The van der Waals surface area contributed by atoms with E-state index in [-0.39, 0.29) is 6.10 Å². The van der Waals surface area contributed by atoms with E-state index in [1.807, 2.05) is 0 Å². The highest BCUT2D eigenvalue weighted by atomic mass is 16.3. The molecule has 2 aliphatic carbocycles. The molecule has 0 radical (unpaired) electrons. The Morgan fingerprint density at radius 1 is 0.900 bits per heavy atom. The van der Waals surface area contributed by atoms with Gasteiger partial charge in [0.25, 0.3) is 0 Å². The van der Waals surface area contributed by atoms with Gasteiger partial charge < -0.3 is 10.0 Å². The quantitative estimate of drug-likeness (QED) is 0.837. The molecule has 0 spiro atoms. The number of aliphatic hydroxyl groups is 1. The van der Waals surface area contributed by atoms with Crippen molar-refractivity contribution in [1.29, 1.82) is 0 Å². The Bertz CT molecular complexity index is 268. The Labute approximate surface area is 125 Å².